The average Bonchev–Trinajstić information content (AvgIpc) is 2.62. The van der Waals surface area contributed by atoms with Gasteiger partial charge in [0.25, 0.3) is 11.8 Å². The maximum Gasteiger partial charge on any atom is 0.273 e. The fourth-order valence-corrected chi connectivity index (χ4v) is 4.11. The van der Waals surface area contributed by atoms with Crippen LogP contribution in [0.2, 0.25) is 0 Å². The first kappa shape index (κ1) is 24.4. The van der Waals surface area contributed by atoms with E-state index in [1.54, 1.807) is 45.0 Å². The fourth-order valence-electron chi connectivity index (χ4n) is 3.28. The van der Waals surface area contributed by atoms with E-state index in [1.165, 1.54) is 18.2 Å². The normalized spacial score (nSPS) is 11.7. The monoisotopic (exact) mass is 446 g/mol. The van der Waals surface area contributed by atoms with E-state index >= 15 is 0 Å². The molecule has 31 heavy (non-hydrogen) atoms. The highest BCUT2D eigenvalue weighted by atomic mass is 32.2. The molecule has 1 N–H and O–H groups in total. The van der Waals surface area contributed by atoms with Crippen molar-refractivity contribution in [2.24, 2.45) is 0 Å². The third-order valence-corrected chi connectivity index (χ3v) is 5.37. The number of hydrogen-bond donors (Lipinski definition) is 1. The van der Waals surface area contributed by atoms with Gasteiger partial charge in [-0.1, -0.05) is 23.3 Å². The molecule has 0 aromatic heterocycles. The molecule has 0 heterocycles. The second-order valence-electron chi connectivity index (χ2n) is 8.69. The lowest BCUT2D eigenvalue weighted by molar-refractivity contribution is 0.0357. The SMILES string of the molecule is COc1cccc(C(=O)N(NC(=O)c2cc(C)cc(C)c2)C(C)(C)C)c1CS(C)(=O)=O. The van der Waals surface area contributed by atoms with Crippen LogP contribution in [0.3, 0.4) is 0 Å². The third-order valence-electron chi connectivity index (χ3n) is 4.56. The van der Waals surface area contributed by atoms with Crippen molar-refractivity contribution in [1.82, 2.24) is 10.4 Å². The number of amides is 2. The summed E-state index contributed by atoms with van der Waals surface area (Å²) in [6, 6.07) is 10.2. The second kappa shape index (κ2) is 9.09. The van der Waals surface area contributed by atoms with Crippen LogP contribution in [0.1, 0.15) is 58.2 Å². The molecule has 0 atom stereocenters. The topological polar surface area (TPSA) is 92.8 Å². The maximum absolute atomic E-state index is 13.5. The van der Waals surface area contributed by atoms with Crippen LogP contribution in [0, 0.1) is 13.8 Å². The zero-order valence-corrected chi connectivity index (χ0v) is 19.9. The van der Waals surface area contributed by atoms with E-state index in [-0.39, 0.29) is 16.9 Å². The third kappa shape index (κ3) is 6.30. The molecule has 8 heteroatoms. The van der Waals surface area contributed by atoms with Gasteiger partial charge in [0.15, 0.2) is 9.84 Å². The summed E-state index contributed by atoms with van der Waals surface area (Å²) in [5.41, 5.74) is 4.63. The van der Waals surface area contributed by atoms with Gasteiger partial charge in [0, 0.05) is 22.9 Å². The van der Waals surface area contributed by atoms with Crippen molar-refractivity contribution in [3.05, 3.63) is 64.2 Å². The average molecular weight is 447 g/mol. The molecule has 2 aromatic carbocycles. The molecule has 2 amide bonds. The number of methoxy groups -OCH3 is 1. The molecule has 7 nitrogen and oxygen atoms in total. The number of nitrogens with zero attached hydrogens (tertiary/aromatic N) is 1. The smallest absolute Gasteiger partial charge is 0.273 e. The number of aryl methyl sites for hydroxylation is 2. The summed E-state index contributed by atoms with van der Waals surface area (Å²) < 4.78 is 29.3. The van der Waals surface area contributed by atoms with Crippen molar-refractivity contribution in [3.8, 4) is 5.75 Å². The highest BCUT2D eigenvalue weighted by Crippen LogP contribution is 2.27. The zero-order chi connectivity index (χ0) is 23.6. The molecule has 0 saturated heterocycles. The Labute approximate surface area is 184 Å². The summed E-state index contributed by atoms with van der Waals surface area (Å²) in [6.07, 6.45) is 1.09. The molecule has 0 spiro atoms. The van der Waals surface area contributed by atoms with Gasteiger partial charge in [0.1, 0.15) is 5.75 Å². The van der Waals surface area contributed by atoms with Crippen LogP contribution in [0.4, 0.5) is 0 Å². The summed E-state index contributed by atoms with van der Waals surface area (Å²) in [4.78, 5) is 26.5. The van der Waals surface area contributed by atoms with Crippen LogP contribution in [0.5, 0.6) is 5.75 Å². The van der Waals surface area contributed by atoms with Crippen molar-refractivity contribution in [1.29, 1.82) is 0 Å². The van der Waals surface area contributed by atoms with Gasteiger partial charge in [-0.25, -0.2) is 13.4 Å². The molecule has 0 aliphatic carbocycles. The first-order valence-electron chi connectivity index (χ1n) is 9.80. The minimum atomic E-state index is -3.44. The van der Waals surface area contributed by atoms with Crippen LogP contribution < -0.4 is 10.2 Å². The molecule has 0 fully saturated rings. The van der Waals surface area contributed by atoms with E-state index in [0.717, 1.165) is 17.4 Å². The maximum atomic E-state index is 13.5. The van der Waals surface area contributed by atoms with Gasteiger partial charge in [-0.15, -0.1) is 0 Å². The standard InChI is InChI=1S/C23H30N2O5S/c1-15-11-16(2)13-17(12-15)21(26)24-25(23(3,4)5)22(27)18-9-8-10-20(30-6)19(18)14-31(7,28)29/h8-13H,14H2,1-7H3,(H,24,26). The van der Waals surface area contributed by atoms with E-state index in [2.05, 4.69) is 5.43 Å². The summed E-state index contributed by atoms with van der Waals surface area (Å²) in [6.45, 7) is 9.13. The van der Waals surface area contributed by atoms with Gasteiger partial charge >= 0.3 is 0 Å². The Hall–Kier alpha value is -2.87. The highest BCUT2D eigenvalue weighted by molar-refractivity contribution is 7.89. The van der Waals surface area contributed by atoms with E-state index in [4.69, 9.17) is 4.74 Å². The Morgan fingerprint density at radius 1 is 1.06 bits per heavy atom. The van der Waals surface area contributed by atoms with Crippen LogP contribution in [0.25, 0.3) is 0 Å². The predicted octanol–water partition coefficient (Wildman–Crippen LogP) is 3.44. The second-order valence-corrected chi connectivity index (χ2v) is 10.8. The number of hydrogen-bond acceptors (Lipinski definition) is 5. The van der Waals surface area contributed by atoms with Crippen molar-refractivity contribution < 1.29 is 22.7 Å². The predicted molar refractivity (Wildman–Crippen MR) is 121 cm³/mol. The zero-order valence-electron chi connectivity index (χ0n) is 19.1. The number of hydrazine groups is 1. The van der Waals surface area contributed by atoms with Crippen LogP contribution >= 0.6 is 0 Å². The molecule has 0 radical (unpaired) electrons. The highest BCUT2D eigenvalue weighted by Gasteiger charge is 2.32. The number of ether oxygens (including phenoxy) is 1. The quantitative estimate of drug-likeness (QED) is 0.710. The van der Waals surface area contributed by atoms with Crippen molar-refractivity contribution >= 4 is 21.7 Å². The Morgan fingerprint density at radius 3 is 2.13 bits per heavy atom. The van der Waals surface area contributed by atoms with Gasteiger partial charge in [-0.2, -0.15) is 0 Å². The first-order chi connectivity index (χ1) is 14.2. The summed E-state index contributed by atoms with van der Waals surface area (Å²) >= 11 is 0. The summed E-state index contributed by atoms with van der Waals surface area (Å²) in [5, 5.41) is 1.23. The van der Waals surface area contributed by atoms with Crippen molar-refractivity contribution in [2.75, 3.05) is 13.4 Å². The van der Waals surface area contributed by atoms with Gasteiger partial charge in [-0.05, 0) is 58.9 Å². The van der Waals surface area contributed by atoms with E-state index in [1.807, 2.05) is 19.9 Å². The lowest BCUT2D eigenvalue weighted by Crippen LogP contribution is -2.56. The summed E-state index contributed by atoms with van der Waals surface area (Å²) in [7, 11) is -2.03. The lowest BCUT2D eigenvalue weighted by Gasteiger charge is -2.36. The molecule has 0 aliphatic heterocycles. The largest absolute Gasteiger partial charge is 0.496 e. The minimum absolute atomic E-state index is 0.153. The number of carbonyl (C=O) groups excluding carboxylic acids is 2. The van der Waals surface area contributed by atoms with E-state index < -0.39 is 27.2 Å². The van der Waals surface area contributed by atoms with Gasteiger partial charge in [0.2, 0.25) is 0 Å². The first-order valence-corrected chi connectivity index (χ1v) is 11.9. The summed E-state index contributed by atoms with van der Waals surface area (Å²) in [5.74, 6) is -1.02. The number of rotatable bonds is 5. The number of benzene rings is 2. The molecular formula is C23H30N2O5S. The number of sulfone groups is 1. The fraction of sp³-hybridized carbons (Fsp3) is 0.391. The Balaban J connectivity index is 2.51. The molecule has 168 valence electrons. The van der Waals surface area contributed by atoms with E-state index in [0.29, 0.717) is 11.3 Å². The van der Waals surface area contributed by atoms with Crippen LogP contribution in [-0.4, -0.2) is 44.1 Å². The number of carbonyl (C=O) groups is 2. The van der Waals surface area contributed by atoms with Crippen molar-refractivity contribution in [3.63, 3.8) is 0 Å². The number of nitrogens with one attached hydrogen (secondary N) is 1. The molecule has 2 rings (SSSR count). The van der Waals surface area contributed by atoms with Gasteiger partial charge in [0.05, 0.1) is 18.4 Å². The Kier molecular flexibility index (Phi) is 7.16. The lowest BCUT2D eigenvalue weighted by atomic mass is 10.0. The molecule has 0 bridgehead atoms. The molecule has 2 aromatic rings. The van der Waals surface area contributed by atoms with Crippen LogP contribution in [-0.2, 0) is 15.6 Å². The van der Waals surface area contributed by atoms with Gasteiger partial charge < -0.3 is 4.74 Å². The minimum Gasteiger partial charge on any atom is -0.496 e. The van der Waals surface area contributed by atoms with Crippen molar-refractivity contribution in [2.45, 2.75) is 45.9 Å². The van der Waals surface area contributed by atoms with E-state index in [9.17, 15) is 18.0 Å². The Bertz CT molecular complexity index is 1080. The molecule has 0 aliphatic rings. The Morgan fingerprint density at radius 2 is 1.65 bits per heavy atom. The molecule has 0 saturated carbocycles. The molecular weight excluding hydrogens is 416 g/mol. The molecule has 0 unspecified atom stereocenters. The van der Waals surface area contributed by atoms with Crippen LogP contribution in [0.15, 0.2) is 36.4 Å². The van der Waals surface area contributed by atoms with Gasteiger partial charge in [-0.3, -0.25) is 15.0 Å².